The Morgan fingerprint density at radius 2 is 2.15 bits per heavy atom. The van der Waals surface area contributed by atoms with Crippen LogP contribution in [-0.4, -0.2) is 17.4 Å². The van der Waals surface area contributed by atoms with E-state index in [9.17, 15) is 4.79 Å². The molecule has 1 amide bonds. The molecule has 1 aromatic rings. The summed E-state index contributed by atoms with van der Waals surface area (Å²) in [6.45, 7) is 2.58. The van der Waals surface area contributed by atoms with Gasteiger partial charge in [0.15, 0.2) is 0 Å². The number of nitrogens with one attached hydrogen (secondary N) is 1. The lowest BCUT2D eigenvalue weighted by atomic mass is 9.71. The Morgan fingerprint density at radius 3 is 2.75 bits per heavy atom. The molecule has 0 spiro atoms. The van der Waals surface area contributed by atoms with Crippen LogP contribution in [0.25, 0.3) is 0 Å². The number of carbonyl (C=O) groups is 1. The van der Waals surface area contributed by atoms with Gasteiger partial charge in [-0.3, -0.25) is 9.78 Å². The monoisotopic (exact) mass is 275 g/mol. The lowest BCUT2D eigenvalue weighted by Gasteiger charge is -2.36. The highest BCUT2D eigenvalue weighted by Gasteiger charge is 2.33. The zero-order chi connectivity index (χ0) is 14.4. The molecule has 20 heavy (non-hydrogen) atoms. The van der Waals surface area contributed by atoms with Crippen LogP contribution in [0.15, 0.2) is 24.4 Å². The molecule has 0 saturated heterocycles. The third kappa shape index (κ3) is 3.79. The summed E-state index contributed by atoms with van der Waals surface area (Å²) in [6.07, 6.45) is 8.11. The molecule has 0 radical (unpaired) electrons. The van der Waals surface area contributed by atoms with E-state index in [2.05, 4.69) is 10.3 Å². The van der Waals surface area contributed by atoms with E-state index in [1.54, 1.807) is 6.20 Å². The van der Waals surface area contributed by atoms with Gasteiger partial charge in [-0.15, -0.1) is 0 Å². The van der Waals surface area contributed by atoms with Crippen LogP contribution < -0.4 is 11.1 Å². The largest absolute Gasteiger partial charge is 0.348 e. The van der Waals surface area contributed by atoms with Crippen molar-refractivity contribution in [2.75, 3.05) is 6.54 Å². The predicted molar refractivity (Wildman–Crippen MR) is 80.0 cm³/mol. The molecule has 1 heterocycles. The Hall–Kier alpha value is -1.42. The number of nitrogens with two attached hydrogens (primary N) is 1. The normalized spacial score (nSPS) is 19.3. The van der Waals surface area contributed by atoms with Crippen molar-refractivity contribution < 1.29 is 4.79 Å². The van der Waals surface area contributed by atoms with Gasteiger partial charge in [-0.2, -0.15) is 0 Å². The molecule has 0 aromatic carbocycles. The molecule has 4 heteroatoms. The maximum absolute atomic E-state index is 12.3. The standard InChI is InChI=1S/C16H25N3O/c1-13(14-7-3-6-10-18-14)19-15(20)11-16(12-17)8-4-2-5-9-16/h3,6-7,10,13H,2,4-5,8-9,11-12,17H2,1H3,(H,19,20). The molecular formula is C16H25N3O. The van der Waals surface area contributed by atoms with E-state index in [1.807, 2.05) is 25.1 Å². The minimum atomic E-state index is -0.0536. The summed E-state index contributed by atoms with van der Waals surface area (Å²) in [4.78, 5) is 16.5. The maximum atomic E-state index is 12.3. The van der Waals surface area contributed by atoms with Crippen molar-refractivity contribution in [3.8, 4) is 0 Å². The molecule has 1 aliphatic carbocycles. The van der Waals surface area contributed by atoms with Gasteiger partial charge in [0, 0.05) is 12.6 Å². The van der Waals surface area contributed by atoms with Crippen LogP contribution >= 0.6 is 0 Å². The minimum absolute atomic E-state index is 0.0200. The lowest BCUT2D eigenvalue weighted by molar-refractivity contribution is -0.124. The molecule has 1 aromatic heterocycles. The van der Waals surface area contributed by atoms with Gasteiger partial charge in [-0.05, 0) is 43.9 Å². The second-order valence-corrected chi connectivity index (χ2v) is 5.99. The quantitative estimate of drug-likeness (QED) is 0.867. The number of rotatable bonds is 5. The van der Waals surface area contributed by atoms with Gasteiger partial charge in [0.05, 0.1) is 11.7 Å². The van der Waals surface area contributed by atoms with Crippen LogP contribution in [0.1, 0.15) is 57.2 Å². The summed E-state index contributed by atoms with van der Waals surface area (Å²) < 4.78 is 0. The van der Waals surface area contributed by atoms with E-state index in [0.717, 1.165) is 18.5 Å². The first-order valence-electron chi connectivity index (χ1n) is 7.56. The summed E-state index contributed by atoms with van der Waals surface area (Å²) in [6, 6.07) is 5.70. The molecule has 1 saturated carbocycles. The molecule has 3 N–H and O–H groups in total. The predicted octanol–water partition coefficient (Wildman–Crippen LogP) is 2.56. The van der Waals surface area contributed by atoms with Crippen molar-refractivity contribution >= 4 is 5.91 Å². The first-order chi connectivity index (χ1) is 9.65. The van der Waals surface area contributed by atoms with E-state index >= 15 is 0 Å². The number of carbonyl (C=O) groups excluding carboxylic acids is 1. The number of hydrogen-bond acceptors (Lipinski definition) is 3. The van der Waals surface area contributed by atoms with Gasteiger partial charge >= 0.3 is 0 Å². The van der Waals surface area contributed by atoms with Gasteiger partial charge in [0.25, 0.3) is 0 Å². The van der Waals surface area contributed by atoms with E-state index in [-0.39, 0.29) is 17.4 Å². The highest BCUT2D eigenvalue weighted by atomic mass is 16.1. The summed E-state index contributed by atoms with van der Waals surface area (Å²) in [5.41, 5.74) is 6.85. The Kier molecular flexibility index (Phi) is 5.12. The maximum Gasteiger partial charge on any atom is 0.221 e. The average Bonchev–Trinajstić information content (AvgIpc) is 2.49. The van der Waals surface area contributed by atoms with Crippen molar-refractivity contribution in [3.05, 3.63) is 30.1 Å². The third-order valence-corrected chi connectivity index (χ3v) is 4.39. The number of hydrogen-bond donors (Lipinski definition) is 2. The van der Waals surface area contributed by atoms with E-state index in [4.69, 9.17) is 5.73 Å². The number of pyridine rings is 1. The molecule has 1 aliphatic rings. The van der Waals surface area contributed by atoms with Crippen molar-refractivity contribution in [1.29, 1.82) is 0 Å². The fourth-order valence-electron chi connectivity index (χ4n) is 3.09. The van der Waals surface area contributed by atoms with Gasteiger partial charge in [0.2, 0.25) is 5.91 Å². The van der Waals surface area contributed by atoms with Crippen molar-refractivity contribution in [1.82, 2.24) is 10.3 Å². The summed E-state index contributed by atoms with van der Waals surface area (Å²) in [5.74, 6) is 0.0931. The molecule has 1 unspecified atom stereocenters. The molecule has 4 nitrogen and oxygen atoms in total. The topological polar surface area (TPSA) is 68.0 Å². The highest BCUT2D eigenvalue weighted by Crippen LogP contribution is 2.38. The van der Waals surface area contributed by atoms with Gasteiger partial charge in [0.1, 0.15) is 0 Å². The number of nitrogens with zero attached hydrogens (tertiary/aromatic N) is 1. The van der Waals surface area contributed by atoms with E-state index in [1.165, 1.54) is 19.3 Å². The Bertz CT molecular complexity index is 427. The number of aromatic nitrogens is 1. The summed E-state index contributed by atoms with van der Waals surface area (Å²) >= 11 is 0. The molecule has 0 bridgehead atoms. The van der Waals surface area contributed by atoms with Gasteiger partial charge < -0.3 is 11.1 Å². The van der Waals surface area contributed by atoms with Gasteiger partial charge in [-0.25, -0.2) is 0 Å². The Morgan fingerprint density at radius 1 is 1.40 bits per heavy atom. The van der Waals surface area contributed by atoms with Crippen LogP contribution in [0.2, 0.25) is 0 Å². The fraction of sp³-hybridized carbons (Fsp3) is 0.625. The smallest absolute Gasteiger partial charge is 0.221 e. The Balaban J connectivity index is 1.91. The molecular weight excluding hydrogens is 250 g/mol. The van der Waals surface area contributed by atoms with Crippen LogP contribution in [0.4, 0.5) is 0 Å². The lowest BCUT2D eigenvalue weighted by Crippen LogP contribution is -2.39. The van der Waals surface area contributed by atoms with Crippen LogP contribution in [0.3, 0.4) is 0 Å². The Labute approximate surface area is 121 Å². The number of amides is 1. The second kappa shape index (κ2) is 6.84. The van der Waals surface area contributed by atoms with Crippen molar-refractivity contribution in [2.45, 2.75) is 51.5 Å². The first-order valence-corrected chi connectivity index (χ1v) is 7.56. The van der Waals surface area contributed by atoms with Crippen molar-refractivity contribution in [3.63, 3.8) is 0 Å². The molecule has 1 fully saturated rings. The zero-order valence-electron chi connectivity index (χ0n) is 12.3. The molecule has 1 atom stereocenters. The van der Waals surface area contributed by atoms with Crippen LogP contribution in [-0.2, 0) is 4.79 Å². The SMILES string of the molecule is CC(NC(=O)CC1(CN)CCCCC1)c1ccccn1. The summed E-state index contributed by atoms with van der Waals surface area (Å²) in [7, 11) is 0. The molecule has 2 rings (SSSR count). The van der Waals surface area contributed by atoms with Crippen molar-refractivity contribution in [2.24, 2.45) is 11.1 Å². The van der Waals surface area contributed by atoms with Crippen LogP contribution in [0, 0.1) is 5.41 Å². The molecule has 110 valence electrons. The van der Waals surface area contributed by atoms with Gasteiger partial charge in [-0.1, -0.05) is 25.3 Å². The van der Waals surface area contributed by atoms with E-state index in [0.29, 0.717) is 13.0 Å². The molecule has 0 aliphatic heterocycles. The fourth-order valence-corrected chi connectivity index (χ4v) is 3.09. The second-order valence-electron chi connectivity index (χ2n) is 5.99. The summed E-state index contributed by atoms with van der Waals surface area (Å²) in [5, 5.41) is 3.05. The van der Waals surface area contributed by atoms with Crippen LogP contribution in [0.5, 0.6) is 0 Å². The first kappa shape index (κ1) is 15.0. The third-order valence-electron chi connectivity index (χ3n) is 4.39. The minimum Gasteiger partial charge on any atom is -0.348 e. The highest BCUT2D eigenvalue weighted by molar-refractivity contribution is 5.77. The van der Waals surface area contributed by atoms with E-state index < -0.39 is 0 Å². The average molecular weight is 275 g/mol. The zero-order valence-corrected chi connectivity index (χ0v) is 12.3.